The van der Waals surface area contributed by atoms with Gasteiger partial charge in [0.15, 0.2) is 0 Å². The molecule has 0 spiro atoms. The quantitative estimate of drug-likeness (QED) is 0.498. The number of hydrogen-bond donors (Lipinski definition) is 3. The van der Waals surface area contributed by atoms with Crippen molar-refractivity contribution in [1.82, 2.24) is 0 Å². The fourth-order valence-corrected chi connectivity index (χ4v) is 2.78. The van der Waals surface area contributed by atoms with E-state index in [0.717, 1.165) is 11.3 Å². The lowest BCUT2D eigenvalue weighted by atomic mass is 10.1. The Balaban J connectivity index is 1.67. The van der Waals surface area contributed by atoms with Crippen LogP contribution in [0, 0.1) is 0 Å². The molecule has 0 aliphatic carbocycles. The minimum Gasteiger partial charge on any atom is -0.497 e. The molecular formula is C24H20N2O5. The second-order valence-electron chi connectivity index (χ2n) is 6.48. The minimum absolute atomic E-state index is 0.0102. The first-order valence-corrected chi connectivity index (χ1v) is 9.33. The van der Waals surface area contributed by atoms with Crippen LogP contribution in [0.1, 0.15) is 26.3 Å². The summed E-state index contributed by atoms with van der Waals surface area (Å²) in [6.07, 6.45) is 3.05. The van der Waals surface area contributed by atoms with Gasteiger partial charge in [-0.15, -0.1) is 0 Å². The zero-order valence-corrected chi connectivity index (χ0v) is 16.7. The summed E-state index contributed by atoms with van der Waals surface area (Å²) in [6.45, 7) is 0. The molecule has 0 fully saturated rings. The molecule has 7 heteroatoms. The topological polar surface area (TPSA) is 105 Å². The molecule has 0 bridgehead atoms. The smallest absolute Gasteiger partial charge is 0.337 e. The van der Waals surface area contributed by atoms with E-state index < -0.39 is 11.9 Å². The van der Waals surface area contributed by atoms with Gasteiger partial charge in [-0.25, -0.2) is 4.79 Å². The zero-order chi connectivity index (χ0) is 22.2. The number of anilines is 2. The minimum atomic E-state index is -1.14. The molecule has 156 valence electrons. The molecule has 0 aliphatic heterocycles. The lowest BCUT2D eigenvalue weighted by Gasteiger charge is -2.09. The van der Waals surface area contributed by atoms with E-state index in [4.69, 9.17) is 4.74 Å². The maximum absolute atomic E-state index is 12.5. The van der Waals surface area contributed by atoms with Crippen molar-refractivity contribution in [2.45, 2.75) is 0 Å². The van der Waals surface area contributed by atoms with Crippen LogP contribution in [0.3, 0.4) is 0 Å². The Kier molecular flexibility index (Phi) is 6.80. The lowest BCUT2D eigenvalue weighted by molar-refractivity contribution is -0.111. The average Bonchev–Trinajstić information content (AvgIpc) is 2.78. The Labute approximate surface area is 179 Å². The number of carbonyl (C=O) groups excluding carboxylic acids is 2. The lowest BCUT2D eigenvalue weighted by Crippen LogP contribution is -2.15. The van der Waals surface area contributed by atoms with E-state index in [1.165, 1.54) is 24.3 Å². The molecule has 0 aromatic heterocycles. The van der Waals surface area contributed by atoms with Crippen LogP contribution in [0.4, 0.5) is 11.4 Å². The third-order valence-electron chi connectivity index (χ3n) is 4.34. The number of ether oxygens (including phenoxy) is 1. The van der Waals surface area contributed by atoms with Gasteiger partial charge in [-0.05, 0) is 54.1 Å². The molecular weight excluding hydrogens is 396 g/mol. The van der Waals surface area contributed by atoms with E-state index in [-0.39, 0.29) is 22.7 Å². The molecule has 0 saturated carbocycles. The van der Waals surface area contributed by atoms with Crippen LogP contribution < -0.4 is 15.4 Å². The van der Waals surface area contributed by atoms with Crippen LogP contribution in [0.25, 0.3) is 6.08 Å². The Morgan fingerprint density at radius 1 is 0.903 bits per heavy atom. The number of hydrogen-bond acceptors (Lipinski definition) is 4. The van der Waals surface area contributed by atoms with Gasteiger partial charge in [0.1, 0.15) is 5.75 Å². The van der Waals surface area contributed by atoms with E-state index in [2.05, 4.69) is 10.6 Å². The van der Waals surface area contributed by atoms with Crippen LogP contribution in [0.15, 0.2) is 78.9 Å². The third-order valence-corrected chi connectivity index (χ3v) is 4.34. The number of para-hydroxylation sites is 1. The molecule has 0 saturated heterocycles. The number of aromatic carboxylic acids is 1. The van der Waals surface area contributed by atoms with E-state index >= 15 is 0 Å². The van der Waals surface area contributed by atoms with Crippen molar-refractivity contribution in [3.8, 4) is 5.75 Å². The van der Waals surface area contributed by atoms with Gasteiger partial charge in [0.25, 0.3) is 5.91 Å². The van der Waals surface area contributed by atoms with Gasteiger partial charge >= 0.3 is 5.97 Å². The van der Waals surface area contributed by atoms with Gasteiger partial charge in [-0.1, -0.05) is 30.3 Å². The predicted octanol–water partition coefficient (Wildman–Crippen LogP) is 4.30. The van der Waals surface area contributed by atoms with Crippen molar-refractivity contribution >= 4 is 35.2 Å². The number of benzene rings is 3. The van der Waals surface area contributed by atoms with Crippen molar-refractivity contribution in [3.05, 3.63) is 95.6 Å². The first kappa shape index (κ1) is 21.3. The molecule has 7 nitrogen and oxygen atoms in total. The molecule has 0 unspecified atom stereocenters. The van der Waals surface area contributed by atoms with Crippen molar-refractivity contribution in [1.29, 1.82) is 0 Å². The molecule has 2 amide bonds. The summed E-state index contributed by atoms with van der Waals surface area (Å²) in [5.74, 6) is -1.26. The number of carboxylic acids is 1. The number of methoxy groups -OCH3 is 1. The van der Waals surface area contributed by atoms with Crippen LogP contribution in [-0.2, 0) is 4.79 Å². The predicted molar refractivity (Wildman–Crippen MR) is 118 cm³/mol. The van der Waals surface area contributed by atoms with Crippen LogP contribution in [-0.4, -0.2) is 30.0 Å². The largest absolute Gasteiger partial charge is 0.497 e. The van der Waals surface area contributed by atoms with Gasteiger partial charge in [0, 0.05) is 17.3 Å². The molecule has 3 rings (SSSR count). The summed E-state index contributed by atoms with van der Waals surface area (Å²) in [4.78, 5) is 36.1. The summed E-state index contributed by atoms with van der Waals surface area (Å²) >= 11 is 0. The van der Waals surface area contributed by atoms with E-state index in [9.17, 15) is 19.5 Å². The summed E-state index contributed by atoms with van der Waals surface area (Å²) < 4.78 is 5.09. The summed E-state index contributed by atoms with van der Waals surface area (Å²) in [7, 11) is 1.58. The fourth-order valence-electron chi connectivity index (χ4n) is 2.78. The highest BCUT2D eigenvalue weighted by Crippen LogP contribution is 2.18. The van der Waals surface area contributed by atoms with Crippen molar-refractivity contribution in [3.63, 3.8) is 0 Å². The summed E-state index contributed by atoms with van der Waals surface area (Å²) in [6, 6.07) is 19.7. The van der Waals surface area contributed by atoms with Crippen LogP contribution >= 0.6 is 0 Å². The SMILES string of the molecule is COc1ccc(/C=C/C(=O)Nc2cccc(C(=O)Nc3ccccc3C(=O)O)c2)cc1. The monoisotopic (exact) mass is 416 g/mol. The highest BCUT2D eigenvalue weighted by molar-refractivity contribution is 6.09. The van der Waals surface area contributed by atoms with E-state index in [1.54, 1.807) is 55.7 Å². The highest BCUT2D eigenvalue weighted by Gasteiger charge is 2.13. The van der Waals surface area contributed by atoms with Crippen molar-refractivity contribution in [2.75, 3.05) is 17.7 Å². The standard InChI is InChI=1S/C24H20N2O5/c1-31-19-12-9-16(10-13-19)11-14-22(27)25-18-6-4-5-17(15-18)23(28)26-21-8-3-2-7-20(21)24(29)30/h2-15H,1H3,(H,25,27)(H,26,28)(H,29,30)/b14-11+. The molecule has 0 atom stereocenters. The molecule has 31 heavy (non-hydrogen) atoms. The Bertz CT molecular complexity index is 1140. The number of nitrogens with one attached hydrogen (secondary N) is 2. The molecule has 0 radical (unpaired) electrons. The fraction of sp³-hybridized carbons (Fsp3) is 0.0417. The second-order valence-corrected chi connectivity index (χ2v) is 6.48. The highest BCUT2D eigenvalue weighted by atomic mass is 16.5. The first-order valence-electron chi connectivity index (χ1n) is 9.33. The first-order chi connectivity index (χ1) is 15.0. The molecule has 3 aromatic rings. The average molecular weight is 416 g/mol. The van der Waals surface area contributed by atoms with Crippen LogP contribution in [0.5, 0.6) is 5.75 Å². The molecule has 3 aromatic carbocycles. The number of rotatable bonds is 7. The van der Waals surface area contributed by atoms with Crippen LogP contribution in [0.2, 0.25) is 0 Å². The number of carbonyl (C=O) groups is 3. The molecule has 0 aliphatic rings. The molecule has 0 heterocycles. The van der Waals surface area contributed by atoms with E-state index in [0.29, 0.717) is 5.69 Å². The maximum atomic E-state index is 12.5. The van der Waals surface area contributed by atoms with Crippen molar-refractivity contribution in [2.24, 2.45) is 0 Å². The van der Waals surface area contributed by atoms with Gasteiger partial charge in [0.05, 0.1) is 18.4 Å². The van der Waals surface area contributed by atoms with Gasteiger partial charge < -0.3 is 20.5 Å². The second kappa shape index (κ2) is 9.89. The van der Waals surface area contributed by atoms with E-state index in [1.807, 2.05) is 12.1 Å². The molecule has 3 N–H and O–H groups in total. The van der Waals surface area contributed by atoms with Crippen molar-refractivity contribution < 1.29 is 24.2 Å². The zero-order valence-electron chi connectivity index (χ0n) is 16.7. The van der Waals surface area contributed by atoms with Gasteiger partial charge in [0.2, 0.25) is 5.91 Å². The summed E-state index contributed by atoms with van der Waals surface area (Å²) in [5, 5.41) is 14.5. The summed E-state index contributed by atoms with van der Waals surface area (Å²) in [5.41, 5.74) is 1.72. The number of carboxylic acid groups (broad SMARTS) is 1. The van der Waals surface area contributed by atoms with Gasteiger partial charge in [-0.2, -0.15) is 0 Å². The normalized spacial score (nSPS) is 10.5. The Hall–Kier alpha value is -4.39. The Morgan fingerprint density at radius 2 is 1.65 bits per heavy atom. The van der Waals surface area contributed by atoms with Gasteiger partial charge in [-0.3, -0.25) is 9.59 Å². The Morgan fingerprint density at radius 3 is 2.35 bits per heavy atom. The maximum Gasteiger partial charge on any atom is 0.337 e. The third kappa shape index (κ3) is 5.80. The number of amides is 2.